The van der Waals surface area contributed by atoms with Crippen molar-refractivity contribution in [3.8, 4) is 0 Å². The monoisotopic (exact) mass is 446 g/mol. The maximum atomic E-state index is 13.2. The van der Waals surface area contributed by atoms with Gasteiger partial charge in [-0.05, 0) is 37.0 Å². The quantitative estimate of drug-likeness (QED) is 0.650. The number of fused-ring (bicyclic) bond motifs is 1. The Labute approximate surface area is 192 Å². The Balaban J connectivity index is 1.30. The first kappa shape index (κ1) is 20.8. The first-order chi connectivity index (χ1) is 15.7. The molecule has 1 aromatic heterocycles. The van der Waals surface area contributed by atoms with E-state index in [4.69, 9.17) is 0 Å². The molecule has 5 rings (SSSR count). The first-order valence-corrected chi connectivity index (χ1v) is 12.2. The lowest BCUT2D eigenvalue weighted by molar-refractivity contribution is -0.125. The first-order valence-electron chi connectivity index (χ1n) is 11.0. The van der Waals surface area contributed by atoms with Crippen LogP contribution in [0.15, 0.2) is 66.9 Å². The summed E-state index contributed by atoms with van der Waals surface area (Å²) in [6.45, 7) is 0.732. The second-order valence-corrected chi connectivity index (χ2v) is 9.30. The molecule has 1 fully saturated rings. The van der Waals surface area contributed by atoms with Crippen LogP contribution in [-0.4, -0.2) is 44.2 Å². The summed E-state index contributed by atoms with van der Waals surface area (Å²) in [4.78, 5) is 27.9. The minimum Gasteiger partial charge on any atom is -0.347 e. The highest BCUT2D eigenvalue weighted by atomic mass is 32.2. The third-order valence-corrected chi connectivity index (χ3v) is 7.23. The van der Waals surface area contributed by atoms with Gasteiger partial charge in [-0.25, -0.2) is 0 Å². The second kappa shape index (κ2) is 9.20. The highest BCUT2D eigenvalue weighted by molar-refractivity contribution is 7.99. The van der Waals surface area contributed by atoms with Gasteiger partial charge in [0.15, 0.2) is 0 Å². The fourth-order valence-electron chi connectivity index (χ4n) is 4.54. The molecule has 0 spiro atoms. The number of hydrogen-bond acceptors (Lipinski definition) is 4. The molecule has 2 aromatic carbocycles. The predicted molar refractivity (Wildman–Crippen MR) is 125 cm³/mol. The van der Waals surface area contributed by atoms with Gasteiger partial charge >= 0.3 is 0 Å². The van der Waals surface area contributed by atoms with Crippen LogP contribution in [-0.2, 0) is 17.8 Å². The van der Waals surface area contributed by atoms with Gasteiger partial charge in [0.25, 0.3) is 5.91 Å². The third-order valence-electron chi connectivity index (χ3n) is 6.22. The van der Waals surface area contributed by atoms with Crippen LogP contribution >= 0.6 is 11.8 Å². The molecule has 164 valence electrons. The van der Waals surface area contributed by atoms with Gasteiger partial charge in [0, 0.05) is 22.6 Å². The SMILES string of the molecule is O=C(NC1CCCc2c1cnn2Cc1ccccc1)[C@@H]1CSCN1C(=O)c1ccccc1. The zero-order valence-electron chi connectivity index (χ0n) is 17.8. The number of rotatable bonds is 5. The van der Waals surface area contributed by atoms with E-state index in [1.807, 2.05) is 42.6 Å². The summed E-state index contributed by atoms with van der Waals surface area (Å²) in [5.41, 5.74) is 4.13. The van der Waals surface area contributed by atoms with Gasteiger partial charge in [-0.3, -0.25) is 14.3 Å². The van der Waals surface area contributed by atoms with Crippen molar-refractivity contribution < 1.29 is 9.59 Å². The molecule has 2 amide bonds. The van der Waals surface area contributed by atoms with Gasteiger partial charge < -0.3 is 10.2 Å². The van der Waals surface area contributed by atoms with Gasteiger partial charge in [-0.2, -0.15) is 5.10 Å². The standard InChI is InChI=1S/C25H26N4O2S/c30-24(23-16-32-17-28(23)25(31)19-10-5-2-6-11-19)27-21-12-7-13-22-20(21)14-26-29(22)15-18-8-3-1-4-9-18/h1-6,8-11,14,21,23H,7,12-13,15-17H2,(H,27,30)/t21?,23-/m0/s1. The number of carbonyl (C=O) groups excluding carboxylic acids is 2. The van der Waals surface area contributed by atoms with E-state index in [1.54, 1.807) is 28.8 Å². The third kappa shape index (κ3) is 4.17. The number of thioether (sulfide) groups is 1. The van der Waals surface area contributed by atoms with Crippen LogP contribution in [0.25, 0.3) is 0 Å². The van der Waals surface area contributed by atoms with E-state index in [1.165, 1.54) is 11.3 Å². The lowest BCUT2D eigenvalue weighted by Gasteiger charge is -2.28. The lowest BCUT2D eigenvalue weighted by Crippen LogP contribution is -2.48. The topological polar surface area (TPSA) is 67.2 Å². The Hall–Kier alpha value is -3.06. The van der Waals surface area contributed by atoms with Gasteiger partial charge in [0.2, 0.25) is 5.91 Å². The average Bonchev–Trinajstić information content (AvgIpc) is 3.48. The minimum atomic E-state index is -0.447. The number of carbonyl (C=O) groups is 2. The molecule has 0 saturated carbocycles. The van der Waals surface area contributed by atoms with E-state index in [2.05, 4.69) is 27.2 Å². The zero-order chi connectivity index (χ0) is 21.9. The summed E-state index contributed by atoms with van der Waals surface area (Å²) in [5.74, 6) is 0.997. The van der Waals surface area contributed by atoms with E-state index in [9.17, 15) is 9.59 Å². The fraction of sp³-hybridized carbons (Fsp3) is 0.320. The van der Waals surface area contributed by atoms with Crippen molar-refractivity contribution in [2.45, 2.75) is 37.9 Å². The molecule has 2 heterocycles. The molecule has 0 radical (unpaired) electrons. The maximum absolute atomic E-state index is 13.2. The number of nitrogens with one attached hydrogen (secondary N) is 1. The van der Waals surface area contributed by atoms with Gasteiger partial charge in [0.1, 0.15) is 6.04 Å². The average molecular weight is 447 g/mol. The van der Waals surface area contributed by atoms with Crippen LogP contribution < -0.4 is 5.32 Å². The normalized spacial score (nSPS) is 20.1. The van der Waals surface area contributed by atoms with Crippen LogP contribution in [0, 0.1) is 0 Å². The number of benzene rings is 2. The van der Waals surface area contributed by atoms with Crippen LogP contribution in [0.5, 0.6) is 0 Å². The fourth-order valence-corrected chi connectivity index (χ4v) is 5.69. The van der Waals surface area contributed by atoms with E-state index in [0.29, 0.717) is 17.2 Å². The summed E-state index contributed by atoms with van der Waals surface area (Å²) >= 11 is 1.62. The molecule has 1 unspecified atom stereocenters. The highest BCUT2D eigenvalue weighted by Crippen LogP contribution is 2.31. The largest absolute Gasteiger partial charge is 0.347 e. The van der Waals surface area contributed by atoms with Crippen LogP contribution in [0.1, 0.15) is 46.1 Å². The van der Waals surface area contributed by atoms with Gasteiger partial charge in [0.05, 0.1) is 24.7 Å². The Morgan fingerprint density at radius 1 is 1.06 bits per heavy atom. The summed E-state index contributed by atoms with van der Waals surface area (Å²) in [6.07, 6.45) is 4.76. The summed E-state index contributed by atoms with van der Waals surface area (Å²) in [6, 6.07) is 19.0. The summed E-state index contributed by atoms with van der Waals surface area (Å²) in [5, 5.41) is 7.86. The Morgan fingerprint density at radius 3 is 2.59 bits per heavy atom. The van der Waals surface area contributed by atoms with Crippen molar-refractivity contribution in [3.05, 3.63) is 89.2 Å². The van der Waals surface area contributed by atoms with Crippen molar-refractivity contribution in [1.29, 1.82) is 0 Å². The van der Waals surface area contributed by atoms with Crippen molar-refractivity contribution in [1.82, 2.24) is 20.0 Å². The number of aromatic nitrogens is 2. The molecule has 6 nitrogen and oxygen atoms in total. The zero-order valence-corrected chi connectivity index (χ0v) is 18.6. The molecule has 32 heavy (non-hydrogen) atoms. The van der Waals surface area contributed by atoms with E-state index in [0.717, 1.165) is 31.4 Å². The molecule has 1 saturated heterocycles. The summed E-state index contributed by atoms with van der Waals surface area (Å²) < 4.78 is 2.06. The van der Waals surface area contributed by atoms with Crippen molar-refractivity contribution in [3.63, 3.8) is 0 Å². The molecule has 3 aromatic rings. The number of amides is 2. The highest BCUT2D eigenvalue weighted by Gasteiger charge is 2.37. The Kier molecular flexibility index (Phi) is 5.99. The maximum Gasteiger partial charge on any atom is 0.255 e. The van der Waals surface area contributed by atoms with Crippen molar-refractivity contribution in [2.24, 2.45) is 0 Å². The Bertz CT molecular complexity index is 1100. The molecule has 2 atom stereocenters. The van der Waals surface area contributed by atoms with Crippen LogP contribution in [0.3, 0.4) is 0 Å². The van der Waals surface area contributed by atoms with Crippen LogP contribution in [0.4, 0.5) is 0 Å². The van der Waals surface area contributed by atoms with E-state index in [-0.39, 0.29) is 17.9 Å². The van der Waals surface area contributed by atoms with E-state index < -0.39 is 6.04 Å². The second-order valence-electron chi connectivity index (χ2n) is 8.30. The molecule has 1 aliphatic heterocycles. The van der Waals surface area contributed by atoms with Crippen LogP contribution in [0.2, 0.25) is 0 Å². The van der Waals surface area contributed by atoms with Gasteiger partial charge in [-0.15, -0.1) is 11.8 Å². The minimum absolute atomic E-state index is 0.0601. The smallest absolute Gasteiger partial charge is 0.255 e. The summed E-state index contributed by atoms with van der Waals surface area (Å²) in [7, 11) is 0. The van der Waals surface area contributed by atoms with Gasteiger partial charge in [-0.1, -0.05) is 48.5 Å². The van der Waals surface area contributed by atoms with Crippen molar-refractivity contribution >= 4 is 23.6 Å². The molecule has 7 heteroatoms. The molecule has 1 N–H and O–H groups in total. The molecule has 2 aliphatic rings. The van der Waals surface area contributed by atoms with E-state index >= 15 is 0 Å². The number of hydrogen-bond donors (Lipinski definition) is 1. The number of nitrogens with zero attached hydrogens (tertiary/aromatic N) is 3. The molecule has 0 bridgehead atoms. The molecular weight excluding hydrogens is 420 g/mol. The lowest BCUT2D eigenvalue weighted by atomic mass is 9.92. The molecular formula is C25H26N4O2S. The molecule has 1 aliphatic carbocycles. The Morgan fingerprint density at radius 2 is 1.81 bits per heavy atom. The van der Waals surface area contributed by atoms with Crippen molar-refractivity contribution in [2.75, 3.05) is 11.6 Å². The predicted octanol–water partition coefficient (Wildman–Crippen LogP) is 3.64.